The number of benzene rings is 2. The minimum Gasteiger partial charge on any atom is -0.325 e. The minimum atomic E-state index is -0.316. The van der Waals surface area contributed by atoms with Gasteiger partial charge in [0.05, 0.1) is 6.54 Å². The van der Waals surface area contributed by atoms with Crippen LogP contribution in [0.4, 0.5) is 10.1 Å². The molecule has 2 rings (SSSR count). The van der Waals surface area contributed by atoms with E-state index < -0.39 is 0 Å². The van der Waals surface area contributed by atoms with E-state index in [4.69, 9.17) is 0 Å². The van der Waals surface area contributed by atoms with Gasteiger partial charge in [0.25, 0.3) is 0 Å². The average molecular weight is 318 g/mol. The molecule has 5 heteroatoms. The lowest BCUT2D eigenvalue weighted by atomic mass is 10.2. The largest absolute Gasteiger partial charge is 0.325 e. The summed E-state index contributed by atoms with van der Waals surface area (Å²) in [5.41, 5.74) is 1.76. The molecule has 1 amide bonds. The summed E-state index contributed by atoms with van der Waals surface area (Å²) in [6.45, 7) is 0.979. The first-order chi connectivity index (χ1) is 10.6. The number of halogens is 1. The number of hydrogen-bond donors (Lipinski definition) is 1. The molecule has 0 aliphatic carbocycles. The number of carbonyl (C=O) groups excluding carboxylic acids is 1. The molecule has 0 saturated carbocycles. The Bertz CT molecular complexity index is 614. The van der Waals surface area contributed by atoms with Gasteiger partial charge in [0.1, 0.15) is 5.82 Å². The van der Waals surface area contributed by atoms with E-state index in [-0.39, 0.29) is 18.3 Å². The van der Waals surface area contributed by atoms with Crippen LogP contribution in [0.5, 0.6) is 0 Å². The van der Waals surface area contributed by atoms with Gasteiger partial charge in [0, 0.05) is 17.1 Å². The summed E-state index contributed by atoms with van der Waals surface area (Å²) in [5.74, 6) is -0.432. The molecule has 0 aromatic heterocycles. The van der Waals surface area contributed by atoms with Crippen molar-refractivity contribution in [2.24, 2.45) is 0 Å². The van der Waals surface area contributed by atoms with E-state index in [0.29, 0.717) is 12.2 Å². The Labute approximate surface area is 134 Å². The average Bonchev–Trinajstić information content (AvgIpc) is 2.50. The maximum Gasteiger partial charge on any atom is 0.238 e. The number of nitrogens with zero attached hydrogens (tertiary/aromatic N) is 1. The SMILES string of the molecule is CSc1ccc(CN(C)CC(=O)Nc2ccc(F)cc2)cc1. The molecule has 0 atom stereocenters. The van der Waals surface area contributed by atoms with Crippen LogP contribution in [0, 0.1) is 5.82 Å². The first-order valence-electron chi connectivity index (χ1n) is 6.93. The lowest BCUT2D eigenvalue weighted by Crippen LogP contribution is -2.29. The van der Waals surface area contributed by atoms with E-state index in [1.807, 2.05) is 18.2 Å². The molecular formula is C17H19FN2OS. The summed E-state index contributed by atoms with van der Waals surface area (Å²) in [4.78, 5) is 15.1. The van der Waals surface area contributed by atoms with Gasteiger partial charge >= 0.3 is 0 Å². The Kier molecular flexibility index (Phi) is 5.98. The Morgan fingerprint density at radius 3 is 2.36 bits per heavy atom. The Hall–Kier alpha value is -1.85. The molecule has 0 spiro atoms. The second-order valence-corrected chi connectivity index (χ2v) is 5.96. The second kappa shape index (κ2) is 7.96. The number of anilines is 1. The van der Waals surface area contributed by atoms with Crippen LogP contribution in [0.15, 0.2) is 53.4 Å². The van der Waals surface area contributed by atoms with Gasteiger partial charge in [0.15, 0.2) is 0 Å². The summed E-state index contributed by atoms with van der Waals surface area (Å²) in [6, 6.07) is 14.0. The molecule has 116 valence electrons. The highest BCUT2D eigenvalue weighted by molar-refractivity contribution is 7.98. The number of thioether (sulfide) groups is 1. The van der Waals surface area contributed by atoms with Crippen LogP contribution in [0.25, 0.3) is 0 Å². The van der Waals surface area contributed by atoms with Crippen molar-refractivity contribution in [1.29, 1.82) is 0 Å². The third-order valence-corrected chi connectivity index (χ3v) is 3.90. The van der Waals surface area contributed by atoms with Crippen LogP contribution in [0.1, 0.15) is 5.56 Å². The van der Waals surface area contributed by atoms with Crippen molar-refractivity contribution in [2.75, 3.05) is 25.2 Å². The first-order valence-corrected chi connectivity index (χ1v) is 8.16. The van der Waals surface area contributed by atoms with E-state index in [2.05, 4.69) is 29.6 Å². The third-order valence-electron chi connectivity index (χ3n) is 3.15. The number of nitrogens with one attached hydrogen (secondary N) is 1. The maximum absolute atomic E-state index is 12.8. The molecule has 2 aromatic rings. The van der Waals surface area contributed by atoms with Crippen LogP contribution >= 0.6 is 11.8 Å². The van der Waals surface area contributed by atoms with E-state index in [0.717, 1.165) is 5.56 Å². The number of hydrogen-bond acceptors (Lipinski definition) is 3. The van der Waals surface area contributed by atoms with Crippen LogP contribution < -0.4 is 5.32 Å². The van der Waals surface area contributed by atoms with E-state index in [1.54, 1.807) is 23.9 Å². The standard InChI is InChI=1S/C17H19FN2OS/c1-20(11-13-3-9-16(22-2)10-4-13)12-17(21)19-15-7-5-14(18)6-8-15/h3-10H,11-12H2,1-2H3,(H,19,21). The van der Waals surface area contributed by atoms with Gasteiger partial charge in [-0.15, -0.1) is 11.8 Å². The van der Waals surface area contributed by atoms with Crippen molar-refractivity contribution >= 4 is 23.4 Å². The zero-order valence-corrected chi connectivity index (χ0v) is 13.5. The van der Waals surface area contributed by atoms with Gasteiger partial charge in [-0.2, -0.15) is 0 Å². The zero-order valence-electron chi connectivity index (χ0n) is 12.7. The Balaban J connectivity index is 1.83. The van der Waals surface area contributed by atoms with Crippen molar-refractivity contribution in [3.63, 3.8) is 0 Å². The van der Waals surface area contributed by atoms with Gasteiger partial charge < -0.3 is 5.32 Å². The predicted molar refractivity (Wildman–Crippen MR) is 89.6 cm³/mol. The lowest BCUT2D eigenvalue weighted by Gasteiger charge is -2.16. The van der Waals surface area contributed by atoms with Gasteiger partial charge in [0.2, 0.25) is 5.91 Å². The summed E-state index contributed by atoms with van der Waals surface area (Å²) in [7, 11) is 1.90. The van der Waals surface area contributed by atoms with Crippen molar-refractivity contribution in [1.82, 2.24) is 4.90 Å². The normalized spacial score (nSPS) is 10.7. The zero-order chi connectivity index (χ0) is 15.9. The molecule has 0 heterocycles. The summed E-state index contributed by atoms with van der Waals surface area (Å²) in [5, 5.41) is 2.75. The lowest BCUT2D eigenvalue weighted by molar-refractivity contribution is -0.117. The third kappa shape index (κ3) is 5.16. The monoisotopic (exact) mass is 318 g/mol. The smallest absolute Gasteiger partial charge is 0.238 e. The van der Waals surface area contributed by atoms with E-state index in [1.165, 1.54) is 17.0 Å². The molecule has 2 aromatic carbocycles. The molecule has 0 fully saturated rings. The van der Waals surface area contributed by atoms with E-state index >= 15 is 0 Å². The molecule has 0 bridgehead atoms. The summed E-state index contributed by atoms with van der Waals surface area (Å²) >= 11 is 1.70. The highest BCUT2D eigenvalue weighted by Gasteiger charge is 2.08. The van der Waals surface area contributed by atoms with Crippen molar-refractivity contribution < 1.29 is 9.18 Å². The van der Waals surface area contributed by atoms with Gasteiger partial charge in [-0.3, -0.25) is 9.69 Å². The van der Waals surface area contributed by atoms with Gasteiger partial charge in [-0.25, -0.2) is 4.39 Å². The molecule has 22 heavy (non-hydrogen) atoms. The van der Waals surface area contributed by atoms with Gasteiger partial charge in [-0.05, 0) is 55.3 Å². The number of amides is 1. The van der Waals surface area contributed by atoms with Gasteiger partial charge in [-0.1, -0.05) is 12.1 Å². The fourth-order valence-corrected chi connectivity index (χ4v) is 2.49. The quantitative estimate of drug-likeness (QED) is 0.826. The summed E-state index contributed by atoms with van der Waals surface area (Å²) in [6.07, 6.45) is 2.04. The molecule has 0 radical (unpaired) electrons. The molecule has 0 aliphatic rings. The molecular weight excluding hydrogens is 299 g/mol. The minimum absolute atomic E-state index is 0.116. The highest BCUT2D eigenvalue weighted by atomic mass is 32.2. The number of carbonyl (C=O) groups is 1. The first kappa shape index (κ1) is 16.5. The fourth-order valence-electron chi connectivity index (χ4n) is 2.08. The fraction of sp³-hybridized carbons (Fsp3) is 0.235. The number of rotatable bonds is 6. The predicted octanol–water partition coefficient (Wildman–Crippen LogP) is 3.62. The van der Waals surface area contributed by atoms with Crippen molar-refractivity contribution in [3.8, 4) is 0 Å². The second-order valence-electron chi connectivity index (χ2n) is 5.08. The van der Waals surface area contributed by atoms with Crippen LogP contribution in [0.3, 0.4) is 0 Å². The van der Waals surface area contributed by atoms with Crippen LogP contribution in [0.2, 0.25) is 0 Å². The van der Waals surface area contributed by atoms with Crippen LogP contribution in [-0.2, 0) is 11.3 Å². The molecule has 0 aliphatic heterocycles. The summed E-state index contributed by atoms with van der Waals surface area (Å²) < 4.78 is 12.8. The van der Waals surface area contributed by atoms with Crippen molar-refractivity contribution in [3.05, 3.63) is 59.9 Å². The topological polar surface area (TPSA) is 32.3 Å². The van der Waals surface area contributed by atoms with Crippen molar-refractivity contribution in [2.45, 2.75) is 11.4 Å². The van der Waals surface area contributed by atoms with E-state index in [9.17, 15) is 9.18 Å². The number of likely N-dealkylation sites (N-methyl/N-ethyl adjacent to an activating group) is 1. The molecule has 1 N–H and O–H groups in total. The molecule has 0 saturated heterocycles. The molecule has 3 nitrogen and oxygen atoms in total. The maximum atomic E-state index is 12.8. The highest BCUT2D eigenvalue weighted by Crippen LogP contribution is 2.15. The Morgan fingerprint density at radius 2 is 1.77 bits per heavy atom. The Morgan fingerprint density at radius 1 is 1.14 bits per heavy atom. The molecule has 0 unspecified atom stereocenters. The van der Waals surface area contributed by atoms with Crippen LogP contribution in [-0.4, -0.2) is 30.7 Å².